The lowest BCUT2D eigenvalue weighted by molar-refractivity contribution is 0.587. The number of sulfone groups is 1. The summed E-state index contributed by atoms with van der Waals surface area (Å²) in [6.07, 6.45) is 1.70. The lowest BCUT2D eigenvalue weighted by Crippen LogP contribution is -2.23. The molecule has 1 N–H and O–H groups in total. The topological polar surface area (TPSA) is 46.2 Å². The Morgan fingerprint density at radius 1 is 1.38 bits per heavy atom. The number of thiophene rings is 1. The molecule has 0 bridgehead atoms. The lowest BCUT2D eigenvalue weighted by atomic mass is 10.4. The van der Waals surface area contributed by atoms with E-state index in [0.717, 1.165) is 19.4 Å². The van der Waals surface area contributed by atoms with Crippen LogP contribution in [-0.2, 0) is 16.4 Å². The first kappa shape index (κ1) is 13.7. The third-order valence-electron chi connectivity index (χ3n) is 2.28. The second kappa shape index (κ2) is 7.04. The monoisotopic (exact) mass is 261 g/mol. The summed E-state index contributed by atoms with van der Waals surface area (Å²) in [5.74, 6) is 0.572. The van der Waals surface area contributed by atoms with Gasteiger partial charge in [-0.3, -0.25) is 0 Å². The van der Waals surface area contributed by atoms with Gasteiger partial charge in [-0.15, -0.1) is 11.3 Å². The zero-order chi connectivity index (χ0) is 11.9. The Hall–Kier alpha value is -0.390. The van der Waals surface area contributed by atoms with Gasteiger partial charge in [0.25, 0.3) is 0 Å². The van der Waals surface area contributed by atoms with Gasteiger partial charge in [0.1, 0.15) is 0 Å². The molecular weight excluding hydrogens is 242 g/mol. The zero-order valence-electron chi connectivity index (χ0n) is 9.61. The summed E-state index contributed by atoms with van der Waals surface area (Å²) in [6.45, 7) is 3.31. The highest BCUT2D eigenvalue weighted by Crippen LogP contribution is 2.07. The molecule has 1 heterocycles. The smallest absolute Gasteiger partial charge is 0.151 e. The standard InChI is InChI=1S/C11H19NO2S2/c1-2-3-8-16(13,14)9-6-12-10-11-5-4-7-15-11/h4-5,7,12H,2-3,6,8-10H2,1H3. The Bertz CT molecular complexity index is 371. The van der Waals surface area contributed by atoms with E-state index in [1.807, 2.05) is 24.4 Å². The molecule has 0 aliphatic carbocycles. The predicted molar refractivity (Wildman–Crippen MR) is 69.6 cm³/mol. The van der Waals surface area contributed by atoms with Crippen molar-refractivity contribution in [1.82, 2.24) is 5.32 Å². The summed E-state index contributed by atoms with van der Waals surface area (Å²) in [6, 6.07) is 4.04. The molecule has 1 aromatic rings. The Labute approximate surface area is 102 Å². The Morgan fingerprint density at radius 2 is 2.19 bits per heavy atom. The highest BCUT2D eigenvalue weighted by molar-refractivity contribution is 7.91. The maximum absolute atomic E-state index is 11.5. The van der Waals surface area contributed by atoms with Crippen molar-refractivity contribution in [3.05, 3.63) is 22.4 Å². The summed E-state index contributed by atoms with van der Waals surface area (Å²) in [5.41, 5.74) is 0. The van der Waals surface area contributed by atoms with E-state index >= 15 is 0 Å². The highest BCUT2D eigenvalue weighted by Gasteiger charge is 2.08. The van der Waals surface area contributed by atoms with Crippen molar-refractivity contribution >= 4 is 21.2 Å². The van der Waals surface area contributed by atoms with Gasteiger partial charge in [-0.25, -0.2) is 8.42 Å². The van der Waals surface area contributed by atoms with Gasteiger partial charge in [0.05, 0.1) is 11.5 Å². The molecule has 0 atom stereocenters. The van der Waals surface area contributed by atoms with E-state index in [4.69, 9.17) is 0 Å². The van der Waals surface area contributed by atoms with Crippen LogP contribution in [0.4, 0.5) is 0 Å². The molecule has 16 heavy (non-hydrogen) atoms. The quantitative estimate of drug-likeness (QED) is 0.729. The molecule has 0 unspecified atom stereocenters. The molecule has 3 nitrogen and oxygen atoms in total. The van der Waals surface area contributed by atoms with Crippen molar-refractivity contribution in [3.8, 4) is 0 Å². The van der Waals surface area contributed by atoms with Crippen LogP contribution >= 0.6 is 11.3 Å². The largest absolute Gasteiger partial charge is 0.311 e. The second-order valence-corrected chi connectivity index (χ2v) is 7.10. The van der Waals surface area contributed by atoms with Crippen LogP contribution in [0.3, 0.4) is 0 Å². The van der Waals surface area contributed by atoms with Gasteiger partial charge in [-0.05, 0) is 17.9 Å². The summed E-state index contributed by atoms with van der Waals surface area (Å²) >= 11 is 1.68. The minimum Gasteiger partial charge on any atom is -0.311 e. The number of hydrogen-bond donors (Lipinski definition) is 1. The Kier molecular flexibility index (Phi) is 6.01. The molecule has 0 aromatic carbocycles. The normalized spacial score (nSPS) is 11.8. The molecule has 0 saturated heterocycles. The molecule has 0 saturated carbocycles. The lowest BCUT2D eigenvalue weighted by Gasteiger charge is -2.04. The third kappa shape index (κ3) is 5.63. The molecule has 0 aliphatic heterocycles. The van der Waals surface area contributed by atoms with E-state index < -0.39 is 9.84 Å². The summed E-state index contributed by atoms with van der Waals surface area (Å²) in [4.78, 5) is 1.24. The van der Waals surface area contributed by atoms with E-state index in [9.17, 15) is 8.42 Å². The van der Waals surface area contributed by atoms with Crippen molar-refractivity contribution < 1.29 is 8.42 Å². The fraction of sp³-hybridized carbons (Fsp3) is 0.636. The fourth-order valence-electron chi connectivity index (χ4n) is 1.32. The van der Waals surface area contributed by atoms with Crippen LogP contribution in [0.2, 0.25) is 0 Å². The van der Waals surface area contributed by atoms with E-state index in [-0.39, 0.29) is 5.75 Å². The molecule has 5 heteroatoms. The van der Waals surface area contributed by atoms with Crippen molar-refractivity contribution in [3.63, 3.8) is 0 Å². The number of hydrogen-bond acceptors (Lipinski definition) is 4. The summed E-state index contributed by atoms with van der Waals surface area (Å²) in [7, 11) is -2.84. The van der Waals surface area contributed by atoms with E-state index in [0.29, 0.717) is 12.3 Å². The maximum atomic E-state index is 11.5. The Balaban J connectivity index is 2.15. The molecule has 0 amide bonds. The van der Waals surface area contributed by atoms with Crippen molar-refractivity contribution in [1.29, 1.82) is 0 Å². The van der Waals surface area contributed by atoms with Crippen molar-refractivity contribution in [2.75, 3.05) is 18.1 Å². The van der Waals surface area contributed by atoms with Crippen LogP contribution in [0.5, 0.6) is 0 Å². The zero-order valence-corrected chi connectivity index (χ0v) is 11.2. The van der Waals surface area contributed by atoms with Gasteiger partial charge in [0, 0.05) is 18.0 Å². The third-order valence-corrected chi connectivity index (χ3v) is 4.89. The van der Waals surface area contributed by atoms with Crippen molar-refractivity contribution in [2.24, 2.45) is 0 Å². The molecule has 1 aromatic heterocycles. The van der Waals surface area contributed by atoms with Crippen LogP contribution in [0, 0.1) is 0 Å². The van der Waals surface area contributed by atoms with Gasteiger partial charge in [-0.2, -0.15) is 0 Å². The molecule has 0 aliphatic rings. The molecule has 0 spiro atoms. The average Bonchev–Trinajstić information content (AvgIpc) is 2.75. The highest BCUT2D eigenvalue weighted by atomic mass is 32.2. The van der Waals surface area contributed by atoms with Gasteiger partial charge in [0.2, 0.25) is 0 Å². The predicted octanol–water partition coefficient (Wildman–Crippen LogP) is 2.05. The van der Waals surface area contributed by atoms with E-state index in [1.54, 1.807) is 11.3 Å². The first-order chi connectivity index (χ1) is 7.64. The van der Waals surface area contributed by atoms with E-state index in [2.05, 4.69) is 5.32 Å². The van der Waals surface area contributed by atoms with Gasteiger partial charge in [-0.1, -0.05) is 19.4 Å². The Morgan fingerprint density at radius 3 is 2.81 bits per heavy atom. The SMILES string of the molecule is CCCCS(=O)(=O)CCNCc1cccs1. The van der Waals surface area contributed by atoms with Gasteiger partial charge >= 0.3 is 0 Å². The van der Waals surface area contributed by atoms with Crippen LogP contribution in [0.15, 0.2) is 17.5 Å². The average molecular weight is 261 g/mol. The van der Waals surface area contributed by atoms with Gasteiger partial charge in [0.15, 0.2) is 9.84 Å². The second-order valence-electron chi connectivity index (χ2n) is 3.76. The van der Waals surface area contributed by atoms with Crippen LogP contribution in [0.25, 0.3) is 0 Å². The van der Waals surface area contributed by atoms with Gasteiger partial charge < -0.3 is 5.32 Å². The minimum atomic E-state index is -2.84. The number of rotatable bonds is 8. The van der Waals surface area contributed by atoms with Crippen LogP contribution < -0.4 is 5.32 Å². The molecule has 0 radical (unpaired) electrons. The summed E-state index contributed by atoms with van der Waals surface area (Å²) < 4.78 is 23.0. The maximum Gasteiger partial charge on any atom is 0.151 e. The van der Waals surface area contributed by atoms with Crippen LogP contribution in [-0.4, -0.2) is 26.5 Å². The van der Waals surface area contributed by atoms with E-state index in [1.165, 1.54) is 4.88 Å². The molecule has 1 rings (SSSR count). The molecule has 0 fully saturated rings. The minimum absolute atomic E-state index is 0.248. The number of nitrogens with one attached hydrogen (secondary N) is 1. The fourth-order valence-corrected chi connectivity index (χ4v) is 3.38. The van der Waals surface area contributed by atoms with Crippen LogP contribution in [0.1, 0.15) is 24.6 Å². The van der Waals surface area contributed by atoms with Crippen molar-refractivity contribution in [2.45, 2.75) is 26.3 Å². The molecular formula is C11H19NO2S2. The number of unbranched alkanes of at least 4 members (excludes halogenated alkanes) is 1. The first-order valence-corrected chi connectivity index (χ1v) is 8.27. The summed E-state index contributed by atoms with van der Waals surface area (Å²) in [5, 5.41) is 5.17. The first-order valence-electron chi connectivity index (χ1n) is 5.57. The molecule has 92 valence electrons.